The van der Waals surface area contributed by atoms with Crippen molar-refractivity contribution in [3.05, 3.63) is 63.9 Å². The molecule has 1 aromatic carbocycles. The number of carbonyl (C=O) groups excluding carboxylic acids is 1. The summed E-state index contributed by atoms with van der Waals surface area (Å²) in [5.41, 5.74) is 6.30. The molecule has 4 nitrogen and oxygen atoms in total. The average Bonchev–Trinajstić information content (AvgIpc) is 2.91. The number of pyridine rings is 1. The Hall–Kier alpha value is -2.44. The number of anilines is 1. The minimum absolute atomic E-state index is 0.189. The van der Waals surface area contributed by atoms with E-state index in [0.29, 0.717) is 22.8 Å². The summed E-state index contributed by atoms with van der Waals surface area (Å²) in [4.78, 5) is 18.5. The molecule has 0 radical (unpaired) electrons. The smallest absolute Gasteiger partial charge is 0.246 e. The van der Waals surface area contributed by atoms with Gasteiger partial charge in [0.2, 0.25) is 5.91 Å². The van der Waals surface area contributed by atoms with E-state index in [2.05, 4.69) is 4.98 Å². The summed E-state index contributed by atoms with van der Waals surface area (Å²) in [6.45, 7) is 0.306. The molecule has 25 heavy (non-hydrogen) atoms. The maximum absolute atomic E-state index is 13.9. The van der Waals surface area contributed by atoms with Gasteiger partial charge < -0.3 is 10.6 Å². The summed E-state index contributed by atoms with van der Waals surface area (Å²) in [5, 5.41) is 0.776. The van der Waals surface area contributed by atoms with Gasteiger partial charge in [0.15, 0.2) is 0 Å². The molecule has 2 N–H and O–H groups in total. The van der Waals surface area contributed by atoms with E-state index in [1.165, 1.54) is 28.4 Å². The molecule has 0 atom stereocenters. The van der Waals surface area contributed by atoms with Crippen molar-refractivity contribution >= 4 is 50.8 Å². The number of rotatable bonds is 4. The quantitative estimate of drug-likeness (QED) is 0.690. The van der Waals surface area contributed by atoms with Crippen LogP contribution in [0.2, 0.25) is 5.02 Å². The van der Waals surface area contributed by atoms with Gasteiger partial charge in [-0.3, -0.25) is 4.79 Å². The Bertz CT molecular complexity index is 953. The number of hydrogen-bond acceptors (Lipinski definition) is 4. The molecule has 0 aliphatic heterocycles. The molecule has 3 aromatic rings. The summed E-state index contributed by atoms with van der Waals surface area (Å²) in [6.07, 6.45) is 4.71. The van der Waals surface area contributed by atoms with Gasteiger partial charge in [0.05, 0.1) is 11.6 Å². The Kier molecular flexibility index (Phi) is 5.01. The molecule has 1 amide bonds. The van der Waals surface area contributed by atoms with Gasteiger partial charge in [-0.2, -0.15) is 0 Å². The molecule has 2 heterocycles. The first kappa shape index (κ1) is 17.4. The summed E-state index contributed by atoms with van der Waals surface area (Å²) in [6, 6.07) is 8.28. The van der Waals surface area contributed by atoms with E-state index >= 15 is 0 Å². The van der Waals surface area contributed by atoms with Crippen LogP contribution in [0, 0.1) is 5.82 Å². The van der Waals surface area contributed by atoms with Crippen molar-refractivity contribution in [2.75, 3.05) is 12.8 Å². The number of fused-ring (bicyclic) bond motifs is 1. The van der Waals surface area contributed by atoms with E-state index in [1.54, 1.807) is 37.5 Å². The van der Waals surface area contributed by atoms with Gasteiger partial charge in [0.25, 0.3) is 0 Å². The van der Waals surface area contributed by atoms with Crippen molar-refractivity contribution < 1.29 is 9.18 Å². The van der Waals surface area contributed by atoms with Crippen LogP contribution in [0.3, 0.4) is 0 Å². The number of nitrogens with zero attached hydrogens (tertiary/aromatic N) is 2. The highest BCUT2D eigenvalue weighted by molar-refractivity contribution is 7.19. The second kappa shape index (κ2) is 7.21. The number of hydrogen-bond donors (Lipinski definition) is 1. The number of aromatic nitrogens is 1. The van der Waals surface area contributed by atoms with Gasteiger partial charge in [0, 0.05) is 34.3 Å². The maximum atomic E-state index is 13.9. The van der Waals surface area contributed by atoms with Gasteiger partial charge >= 0.3 is 0 Å². The molecule has 2 aromatic heterocycles. The lowest BCUT2D eigenvalue weighted by atomic mass is 10.2. The van der Waals surface area contributed by atoms with Gasteiger partial charge in [-0.1, -0.05) is 17.7 Å². The Labute approximate surface area is 153 Å². The standard InChI is InChI=1S/C18H15ClFN3OS/c1-23(16(24)8-6-11-5-7-15(21)22-9-11)10-14-18(19)17-12(20)3-2-4-13(17)25-14/h2-9H,10H2,1H3,(H2,21,22)/b8-6+. The zero-order valence-electron chi connectivity index (χ0n) is 13.4. The van der Waals surface area contributed by atoms with Crippen LogP contribution in [0.4, 0.5) is 10.2 Å². The first-order valence-electron chi connectivity index (χ1n) is 7.46. The average molecular weight is 376 g/mol. The second-order valence-corrected chi connectivity index (χ2v) is 7.01. The fourth-order valence-corrected chi connectivity index (χ4v) is 3.91. The molecule has 0 spiro atoms. The molecule has 0 saturated carbocycles. The molecule has 128 valence electrons. The molecule has 0 unspecified atom stereocenters. The van der Waals surface area contributed by atoms with Crippen molar-refractivity contribution in [3.8, 4) is 0 Å². The van der Waals surface area contributed by atoms with Gasteiger partial charge in [-0.05, 0) is 35.9 Å². The van der Waals surface area contributed by atoms with Gasteiger partial charge in [0.1, 0.15) is 11.6 Å². The fourth-order valence-electron chi connectivity index (χ4n) is 2.32. The predicted molar refractivity (Wildman–Crippen MR) is 101 cm³/mol. The zero-order valence-corrected chi connectivity index (χ0v) is 14.9. The van der Waals surface area contributed by atoms with Crippen molar-refractivity contribution in [3.63, 3.8) is 0 Å². The monoisotopic (exact) mass is 375 g/mol. The zero-order chi connectivity index (χ0) is 18.0. The van der Waals surface area contributed by atoms with E-state index in [0.717, 1.165) is 15.1 Å². The fraction of sp³-hybridized carbons (Fsp3) is 0.111. The van der Waals surface area contributed by atoms with Crippen LogP contribution in [0.1, 0.15) is 10.4 Å². The lowest BCUT2D eigenvalue weighted by molar-refractivity contribution is -0.125. The van der Waals surface area contributed by atoms with Gasteiger partial charge in [-0.15, -0.1) is 11.3 Å². The molecule has 3 rings (SSSR count). The molecular weight excluding hydrogens is 361 g/mol. The first-order chi connectivity index (χ1) is 12.0. The lowest BCUT2D eigenvalue weighted by Gasteiger charge is -2.14. The van der Waals surface area contributed by atoms with Crippen LogP contribution in [0.5, 0.6) is 0 Å². The van der Waals surface area contributed by atoms with Crippen molar-refractivity contribution in [1.82, 2.24) is 9.88 Å². The Morgan fingerprint density at radius 2 is 2.20 bits per heavy atom. The number of likely N-dealkylation sites (N-methyl/N-ethyl adjacent to an activating group) is 1. The van der Waals surface area contributed by atoms with Crippen LogP contribution in [-0.4, -0.2) is 22.8 Å². The highest BCUT2D eigenvalue weighted by Gasteiger charge is 2.16. The third kappa shape index (κ3) is 3.81. The number of amides is 1. The lowest BCUT2D eigenvalue weighted by Crippen LogP contribution is -2.23. The molecule has 0 bridgehead atoms. The number of benzene rings is 1. The normalized spacial score (nSPS) is 11.3. The molecule has 7 heteroatoms. The largest absolute Gasteiger partial charge is 0.384 e. The number of halogens is 2. The summed E-state index contributed by atoms with van der Waals surface area (Å²) in [7, 11) is 1.67. The van der Waals surface area contributed by atoms with Crippen LogP contribution >= 0.6 is 22.9 Å². The predicted octanol–water partition coefficient (Wildman–Crippen LogP) is 4.34. The second-order valence-electron chi connectivity index (χ2n) is 5.50. The van der Waals surface area contributed by atoms with Crippen molar-refractivity contribution in [2.45, 2.75) is 6.54 Å². The van der Waals surface area contributed by atoms with Crippen LogP contribution < -0.4 is 5.73 Å². The minimum atomic E-state index is -0.352. The number of nitrogens with two attached hydrogens (primary N) is 1. The van der Waals surface area contributed by atoms with Gasteiger partial charge in [-0.25, -0.2) is 9.37 Å². The number of nitrogen functional groups attached to an aromatic ring is 1. The number of thiophene rings is 1. The first-order valence-corrected chi connectivity index (χ1v) is 8.65. The maximum Gasteiger partial charge on any atom is 0.246 e. The molecule has 0 aliphatic carbocycles. The van der Waals surface area contributed by atoms with E-state index in [1.807, 2.05) is 6.07 Å². The summed E-state index contributed by atoms with van der Waals surface area (Å²) >= 11 is 7.68. The van der Waals surface area contributed by atoms with E-state index in [9.17, 15) is 9.18 Å². The topological polar surface area (TPSA) is 59.2 Å². The van der Waals surface area contributed by atoms with Crippen LogP contribution in [-0.2, 0) is 11.3 Å². The third-order valence-corrected chi connectivity index (χ3v) is 5.33. The highest BCUT2D eigenvalue weighted by Crippen LogP contribution is 2.37. The molecular formula is C18H15ClFN3OS. The van der Waals surface area contributed by atoms with E-state index < -0.39 is 0 Å². The molecule has 0 aliphatic rings. The summed E-state index contributed by atoms with van der Waals surface area (Å²) < 4.78 is 14.7. The summed E-state index contributed by atoms with van der Waals surface area (Å²) in [5.74, 6) is -0.118. The molecule has 0 saturated heterocycles. The Balaban J connectivity index is 1.74. The van der Waals surface area contributed by atoms with Crippen LogP contribution in [0.25, 0.3) is 16.2 Å². The van der Waals surface area contributed by atoms with Crippen molar-refractivity contribution in [2.24, 2.45) is 0 Å². The SMILES string of the molecule is CN(Cc1sc2cccc(F)c2c1Cl)C(=O)/C=C/c1ccc(N)nc1. The van der Waals surface area contributed by atoms with Crippen molar-refractivity contribution in [1.29, 1.82) is 0 Å². The Morgan fingerprint density at radius 3 is 2.88 bits per heavy atom. The van der Waals surface area contributed by atoms with E-state index in [4.69, 9.17) is 17.3 Å². The number of carbonyl (C=O) groups is 1. The van der Waals surface area contributed by atoms with Crippen LogP contribution in [0.15, 0.2) is 42.6 Å². The molecule has 0 fully saturated rings. The highest BCUT2D eigenvalue weighted by atomic mass is 35.5. The Morgan fingerprint density at radius 1 is 1.40 bits per heavy atom. The minimum Gasteiger partial charge on any atom is -0.384 e. The third-order valence-electron chi connectivity index (χ3n) is 3.66. The van der Waals surface area contributed by atoms with E-state index in [-0.39, 0.29) is 11.7 Å².